The van der Waals surface area contributed by atoms with Crippen molar-refractivity contribution in [3.8, 4) is 0 Å². The Morgan fingerprint density at radius 3 is 3.00 bits per heavy atom. The molecule has 2 heterocycles. The van der Waals surface area contributed by atoms with E-state index < -0.39 is 0 Å². The predicted molar refractivity (Wildman–Crippen MR) is 92.9 cm³/mol. The van der Waals surface area contributed by atoms with E-state index in [4.69, 9.17) is 9.47 Å². The lowest BCUT2D eigenvalue weighted by Gasteiger charge is -2.31. The summed E-state index contributed by atoms with van der Waals surface area (Å²) in [6, 6.07) is 10.5. The van der Waals surface area contributed by atoms with Crippen LogP contribution < -0.4 is 5.32 Å². The van der Waals surface area contributed by atoms with Gasteiger partial charge in [-0.3, -0.25) is 4.79 Å². The highest BCUT2D eigenvalue weighted by Crippen LogP contribution is 2.32. The first kappa shape index (κ1) is 17.4. The van der Waals surface area contributed by atoms with Crippen LogP contribution in [0.3, 0.4) is 0 Å². The monoisotopic (exact) mass is 332 g/mol. The SMILES string of the molecule is CC(=O)N1CCOC[C@]2(CC[C@H](CNCCc3ccccc3)O2)C1. The lowest BCUT2D eigenvalue weighted by molar-refractivity contribution is -0.133. The number of nitrogens with zero attached hydrogens (tertiary/aromatic N) is 1. The molecule has 5 nitrogen and oxygen atoms in total. The molecule has 0 bridgehead atoms. The van der Waals surface area contributed by atoms with Crippen LogP contribution in [0.1, 0.15) is 25.3 Å². The fraction of sp³-hybridized carbons (Fsp3) is 0.632. The molecule has 2 fully saturated rings. The minimum absolute atomic E-state index is 0.105. The maximum atomic E-state index is 11.7. The number of carbonyl (C=O) groups is 1. The number of nitrogens with one attached hydrogen (secondary N) is 1. The molecule has 2 aliphatic heterocycles. The highest BCUT2D eigenvalue weighted by atomic mass is 16.6. The lowest BCUT2D eigenvalue weighted by atomic mass is 10.00. The van der Waals surface area contributed by atoms with E-state index in [1.807, 2.05) is 11.0 Å². The Bertz CT molecular complexity index is 537. The van der Waals surface area contributed by atoms with Gasteiger partial charge in [-0.1, -0.05) is 30.3 Å². The van der Waals surface area contributed by atoms with E-state index in [2.05, 4.69) is 29.6 Å². The molecule has 24 heavy (non-hydrogen) atoms. The Hall–Kier alpha value is -1.43. The fourth-order valence-corrected chi connectivity index (χ4v) is 3.58. The molecule has 1 spiro atoms. The van der Waals surface area contributed by atoms with Crippen molar-refractivity contribution in [2.45, 2.75) is 37.9 Å². The molecule has 0 saturated carbocycles. The molecule has 3 rings (SSSR count). The van der Waals surface area contributed by atoms with Crippen molar-refractivity contribution in [1.82, 2.24) is 10.2 Å². The third kappa shape index (κ3) is 4.56. The molecule has 2 atom stereocenters. The van der Waals surface area contributed by atoms with Crippen LogP contribution in [0.25, 0.3) is 0 Å². The van der Waals surface area contributed by atoms with Crippen LogP contribution in [0.2, 0.25) is 0 Å². The second kappa shape index (κ2) is 8.10. The number of rotatable bonds is 5. The smallest absolute Gasteiger partial charge is 0.219 e. The van der Waals surface area contributed by atoms with Crippen LogP contribution in [0.5, 0.6) is 0 Å². The molecule has 2 aliphatic rings. The van der Waals surface area contributed by atoms with Gasteiger partial charge in [0.25, 0.3) is 0 Å². The summed E-state index contributed by atoms with van der Waals surface area (Å²) in [5, 5.41) is 3.50. The van der Waals surface area contributed by atoms with Crippen LogP contribution in [0.15, 0.2) is 30.3 Å². The highest BCUT2D eigenvalue weighted by molar-refractivity contribution is 5.73. The predicted octanol–water partition coefficient (Wildman–Crippen LogP) is 1.62. The van der Waals surface area contributed by atoms with E-state index in [0.29, 0.717) is 26.3 Å². The number of ether oxygens (including phenoxy) is 2. The molecule has 5 heteroatoms. The van der Waals surface area contributed by atoms with Crippen LogP contribution in [-0.4, -0.2) is 61.9 Å². The summed E-state index contributed by atoms with van der Waals surface area (Å²) in [4.78, 5) is 13.6. The third-order valence-electron chi connectivity index (χ3n) is 4.94. The first-order valence-electron chi connectivity index (χ1n) is 8.93. The quantitative estimate of drug-likeness (QED) is 0.833. The van der Waals surface area contributed by atoms with Crippen LogP contribution in [0, 0.1) is 0 Å². The van der Waals surface area contributed by atoms with Gasteiger partial charge in [0.2, 0.25) is 5.91 Å². The van der Waals surface area contributed by atoms with Crippen LogP contribution in [0.4, 0.5) is 0 Å². The highest BCUT2D eigenvalue weighted by Gasteiger charge is 2.43. The first-order chi connectivity index (χ1) is 11.7. The molecule has 0 aliphatic carbocycles. The van der Waals surface area contributed by atoms with Gasteiger partial charge in [-0.25, -0.2) is 0 Å². The summed E-state index contributed by atoms with van der Waals surface area (Å²) in [5.74, 6) is 0.105. The number of carbonyl (C=O) groups excluding carboxylic acids is 1. The van der Waals surface area contributed by atoms with Gasteiger partial charge >= 0.3 is 0 Å². The minimum Gasteiger partial charge on any atom is -0.377 e. The van der Waals surface area contributed by atoms with Gasteiger partial charge in [0.15, 0.2) is 0 Å². The second-order valence-electron chi connectivity index (χ2n) is 6.89. The minimum atomic E-state index is -0.312. The zero-order valence-corrected chi connectivity index (χ0v) is 14.5. The number of amides is 1. The Morgan fingerprint density at radius 1 is 1.38 bits per heavy atom. The topological polar surface area (TPSA) is 50.8 Å². The molecule has 0 aromatic heterocycles. The van der Waals surface area contributed by atoms with Gasteiger partial charge < -0.3 is 19.7 Å². The molecular formula is C19H28N2O3. The summed E-state index contributed by atoms with van der Waals surface area (Å²) < 4.78 is 12.0. The zero-order valence-electron chi connectivity index (χ0n) is 14.5. The number of benzene rings is 1. The Kier molecular flexibility index (Phi) is 5.87. The maximum Gasteiger partial charge on any atom is 0.219 e. The Labute approximate surface area is 144 Å². The molecule has 1 aromatic carbocycles. The van der Waals surface area contributed by atoms with E-state index >= 15 is 0 Å². The molecule has 1 aromatic rings. The van der Waals surface area contributed by atoms with Gasteiger partial charge in [-0.15, -0.1) is 0 Å². The van der Waals surface area contributed by atoms with Gasteiger partial charge in [-0.2, -0.15) is 0 Å². The van der Waals surface area contributed by atoms with Gasteiger partial charge in [-0.05, 0) is 31.4 Å². The van der Waals surface area contributed by atoms with Crippen molar-refractivity contribution in [3.63, 3.8) is 0 Å². The van der Waals surface area contributed by atoms with E-state index in [1.165, 1.54) is 5.56 Å². The van der Waals surface area contributed by atoms with Gasteiger partial charge in [0, 0.05) is 20.0 Å². The van der Waals surface area contributed by atoms with Gasteiger partial charge in [0.05, 0.1) is 25.9 Å². The molecule has 1 N–H and O–H groups in total. The van der Waals surface area contributed by atoms with Crippen molar-refractivity contribution in [2.24, 2.45) is 0 Å². The second-order valence-corrected chi connectivity index (χ2v) is 6.89. The number of hydrogen-bond acceptors (Lipinski definition) is 4. The van der Waals surface area contributed by atoms with E-state index in [-0.39, 0.29) is 17.6 Å². The summed E-state index contributed by atoms with van der Waals surface area (Å²) in [5.41, 5.74) is 1.04. The van der Waals surface area contributed by atoms with E-state index in [1.54, 1.807) is 6.92 Å². The van der Waals surface area contributed by atoms with Crippen molar-refractivity contribution in [2.75, 3.05) is 39.4 Å². The van der Waals surface area contributed by atoms with Gasteiger partial charge in [0.1, 0.15) is 5.60 Å². The van der Waals surface area contributed by atoms with Crippen molar-refractivity contribution < 1.29 is 14.3 Å². The van der Waals surface area contributed by atoms with Crippen LogP contribution >= 0.6 is 0 Å². The summed E-state index contributed by atoms with van der Waals surface area (Å²) in [6.07, 6.45) is 3.21. The molecule has 2 saturated heterocycles. The van der Waals surface area contributed by atoms with E-state index in [9.17, 15) is 4.79 Å². The van der Waals surface area contributed by atoms with Crippen LogP contribution in [-0.2, 0) is 20.7 Å². The zero-order chi connectivity index (χ0) is 16.8. The maximum absolute atomic E-state index is 11.7. The largest absolute Gasteiger partial charge is 0.377 e. The van der Waals surface area contributed by atoms with E-state index in [0.717, 1.165) is 32.4 Å². The molecule has 0 unspecified atom stereocenters. The summed E-state index contributed by atoms with van der Waals surface area (Å²) in [7, 11) is 0. The fourth-order valence-electron chi connectivity index (χ4n) is 3.58. The number of hydrogen-bond donors (Lipinski definition) is 1. The van der Waals surface area contributed by atoms with Crippen molar-refractivity contribution in [1.29, 1.82) is 0 Å². The molecule has 0 radical (unpaired) electrons. The Morgan fingerprint density at radius 2 is 2.21 bits per heavy atom. The summed E-state index contributed by atoms with van der Waals surface area (Å²) in [6.45, 7) is 5.95. The average molecular weight is 332 g/mol. The summed E-state index contributed by atoms with van der Waals surface area (Å²) >= 11 is 0. The molecule has 132 valence electrons. The standard InChI is InChI=1S/C19H28N2O3/c1-16(22)21-11-12-23-15-19(14-21)9-7-18(24-19)13-20-10-8-17-5-3-2-4-6-17/h2-6,18,20H,7-15H2,1H3/t18-,19+/m1/s1. The molecule has 1 amide bonds. The van der Waals surface area contributed by atoms with Crippen molar-refractivity contribution in [3.05, 3.63) is 35.9 Å². The normalized spacial score (nSPS) is 27.4. The Balaban J connectivity index is 1.43. The molecular weight excluding hydrogens is 304 g/mol. The third-order valence-corrected chi connectivity index (χ3v) is 4.94. The first-order valence-corrected chi connectivity index (χ1v) is 8.93. The average Bonchev–Trinajstić information content (AvgIpc) is 2.85. The lowest BCUT2D eigenvalue weighted by Crippen LogP contribution is -2.46. The van der Waals surface area contributed by atoms with Crippen molar-refractivity contribution >= 4 is 5.91 Å².